The average Bonchev–Trinajstić information content (AvgIpc) is 2.73. The average molecular weight is 447 g/mol. The van der Waals surface area contributed by atoms with E-state index in [-0.39, 0.29) is 16.5 Å². The lowest BCUT2D eigenvalue weighted by molar-refractivity contribution is -0.137. The molecule has 3 N–H and O–H groups in total. The molecule has 31 heavy (non-hydrogen) atoms. The number of amides is 1. The van der Waals surface area contributed by atoms with Gasteiger partial charge < -0.3 is 10.6 Å². The number of benzene rings is 3. The minimum Gasteiger partial charge on any atom is -0.364 e. The second-order valence-electron chi connectivity index (χ2n) is 6.85. The van der Waals surface area contributed by atoms with Gasteiger partial charge in [-0.3, -0.25) is 4.79 Å². The number of carbonyl (C=O) groups is 1. The maximum Gasteiger partial charge on any atom is 0.416 e. The van der Waals surface area contributed by atoms with Gasteiger partial charge in [0.25, 0.3) is 5.91 Å². The fraction of sp³-hybridized carbons (Fsp3) is 0.0952. The second-order valence-corrected chi connectivity index (χ2v) is 8.53. The zero-order valence-corrected chi connectivity index (χ0v) is 16.6. The first-order chi connectivity index (χ1) is 14.6. The van der Waals surface area contributed by atoms with Crippen LogP contribution in [0, 0.1) is 0 Å². The van der Waals surface area contributed by atoms with Crippen LogP contribution in [0.3, 0.4) is 0 Å². The minimum absolute atomic E-state index is 0.149. The number of fused-ring (bicyclic) bond motifs is 1. The molecule has 0 fully saturated rings. The fourth-order valence-electron chi connectivity index (χ4n) is 3.16. The van der Waals surface area contributed by atoms with Crippen LogP contribution in [0.25, 0.3) is 0 Å². The fourth-order valence-corrected chi connectivity index (χ4v) is 4.45. The summed E-state index contributed by atoms with van der Waals surface area (Å²) in [6.07, 6.45) is -5.60. The quantitative estimate of drug-likeness (QED) is 0.557. The lowest BCUT2D eigenvalue weighted by atomic mass is 10.1. The SMILES string of the molecule is O=C(Nc1ccccc1)c1ccc([C@@H]2Nc3cc(C(F)(F)F)ccc3S(=O)(=O)N2)cc1. The normalized spacial score (nSPS) is 17.3. The topological polar surface area (TPSA) is 87.3 Å². The highest BCUT2D eigenvalue weighted by molar-refractivity contribution is 7.89. The number of sulfonamides is 1. The van der Waals surface area contributed by atoms with Gasteiger partial charge in [0.05, 0.1) is 11.3 Å². The molecule has 1 atom stereocenters. The first kappa shape index (κ1) is 20.9. The molecule has 0 saturated carbocycles. The van der Waals surface area contributed by atoms with Gasteiger partial charge in [-0.05, 0) is 48.0 Å². The largest absolute Gasteiger partial charge is 0.416 e. The number of hydrogen-bond donors (Lipinski definition) is 3. The van der Waals surface area contributed by atoms with Crippen molar-refractivity contribution < 1.29 is 26.4 Å². The van der Waals surface area contributed by atoms with E-state index >= 15 is 0 Å². The van der Waals surface area contributed by atoms with Gasteiger partial charge in [-0.15, -0.1) is 0 Å². The molecule has 0 aliphatic carbocycles. The molecule has 10 heteroatoms. The summed E-state index contributed by atoms with van der Waals surface area (Å²) in [5, 5.41) is 5.51. The van der Waals surface area contributed by atoms with Crippen LogP contribution in [0.15, 0.2) is 77.7 Å². The summed E-state index contributed by atoms with van der Waals surface area (Å²) in [6, 6.07) is 17.3. The summed E-state index contributed by atoms with van der Waals surface area (Å²) >= 11 is 0. The molecule has 3 aromatic carbocycles. The van der Waals surface area contributed by atoms with Crippen LogP contribution >= 0.6 is 0 Å². The molecule has 0 radical (unpaired) electrons. The maximum atomic E-state index is 13.0. The van der Waals surface area contributed by atoms with Crippen molar-refractivity contribution in [2.24, 2.45) is 0 Å². The van der Waals surface area contributed by atoms with E-state index in [1.54, 1.807) is 24.3 Å². The highest BCUT2D eigenvalue weighted by atomic mass is 32.2. The van der Waals surface area contributed by atoms with Gasteiger partial charge in [0, 0.05) is 11.3 Å². The molecule has 4 rings (SSSR count). The molecule has 1 aliphatic heterocycles. The summed E-state index contributed by atoms with van der Waals surface area (Å²) in [7, 11) is -4.03. The molecule has 0 saturated heterocycles. The molecule has 0 bridgehead atoms. The molecule has 1 heterocycles. The number of nitrogens with one attached hydrogen (secondary N) is 3. The Hall–Kier alpha value is -3.37. The smallest absolute Gasteiger partial charge is 0.364 e. The van der Waals surface area contributed by atoms with E-state index in [0.717, 1.165) is 18.2 Å². The Labute approximate surface area is 176 Å². The van der Waals surface area contributed by atoms with Crippen molar-refractivity contribution in [2.75, 3.05) is 10.6 Å². The van der Waals surface area contributed by atoms with Crippen molar-refractivity contribution in [2.45, 2.75) is 17.2 Å². The third-order valence-electron chi connectivity index (χ3n) is 4.71. The summed E-state index contributed by atoms with van der Waals surface area (Å²) < 4.78 is 66.4. The summed E-state index contributed by atoms with van der Waals surface area (Å²) in [4.78, 5) is 12.1. The number of para-hydroxylation sites is 1. The minimum atomic E-state index is -4.60. The number of anilines is 2. The number of alkyl halides is 3. The van der Waals surface area contributed by atoms with Crippen molar-refractivity contribution in [3.63, 3.8) is 0 Å². The van der Waals surface area contributed by atoms with Crippen molar-refractivity contribution in [3.8, 4) is 0 Å². The number of carbonyl (C=O) groups excluding carboxylic acids is 1. The molecule has 1 aliphatic rings. The predicted molar refractivity (Wildman–Crippen MR) is 109 cm³/mol. The lowest BCUT2D eigenvalue weighted by Crippen LogP contribution is -2.38. The highest BCUT2D eigenvalue weighted by Gasteiger charge is 2.35. The standard InChI is InChI=1S/C21H16F3N3O3S/c22-21(23,24)15-10-11-18-17(12-15)26-19(27-31(18,29)30)13-6-8-14(9-7-13)20(28)25-16-4-2-1-3-5-16/h1-12,19,26-27H,(H,25,28)/t19-/m1/s1. The van der Waals surface area contributed by atoms with Crippen LogP contribution in [0.2, 0.25) is 0 Å². The monoisotopic (exact) mass is 447 g/mol. The zero-order chi connectivity index (χ0) is 22.2. The first-order valence-corrected chi connectivity index (χ1v) is 10.6. The predicted octanol–water partition coefficient (Wildman–Crippen LogP) is 4.36. The molecule has 0 unspecified atom stereocenters. The molecule has 160 valence electrons. The zero-order valence-electron chi connectivity index (χ0n) is 15.8. The van der Waals surface area contributed by atoms with Crippen LogP contribution in [0.4, 0.5) is 24.5 Å². The van der Waals surface area contributed by atoms with Gasteiger partial charge in [-0.2, -0.15) is 17.9 Å². The third kappa shape index (κ3) is 4.39. The molecule has 0 aromatic heterocycles. The second kappa shape index (κ2) is 7.71. The molecule has 1 amide bonds. The number of halogens is 3. The van der Waals surface area contributed by atoms with Gasteiger partial charge in [-0.25, -0.2) is 8.42 Å². The van der Waals surface area contributed by atoms with Crippen LogP contribution in [0.5, 0.6) is 0 Å². The maximum absolute atomic E-state index is 13.0. The Morgan fingerprint density at radius 1 is 0.935 bits per heavy atom. The van der Waals surface area contributed by atoms with E-state index in [2.05, 4.69) is 15.4 Å². The van der Waals surface area contributed by atoms with Crippen LogP contribution in [-0.4, -0.2) is 14.3 Å². The third-order valence-corrected chi connectivity index (χ3v) is 6.19. The van der Waals surface area contributed by atoms with E-state index < -0.39 is 27.9 Å². The first-order valence-electron chi connectivity index (χ1n) is 9.10. The Bertz CT molecular complexity index is 1230. The molecular formula is C21H16F3N3O3S. The summed E-state index contributed by atoms with van der Waals surface area (Å²) in [6.45, 7) is 0. The van der Waals surface area contributed by atoms with E-state index in [9.17, 15) is 26.4 Å². The van der Waals surface area contributed by atoms with Crippen LogP contribution < -0.4 is 15.4 Å². The van der Waals surface area contributed by atoms with Crippen LogP contribution in [0.1, 0.15) is 27.7 Å². The van der Waals surface area contributed by atoms with Gasteiger partial charge in [0.1, 0.15) is 11.1 Å². The van der Waals surface area contributed by atoms with E-state index in [1.165, 1.54) is 24.3 Å². The molecular weight excluding hydrogens is 431 g/mol. The van der Waals surface area contributed by atoms with Crippen molar-refractivity contribution in [1.29, 1.82) is 0 Å². The van der Waals surface area contributed by atoms with E-state index in [1.807, 2.05) is 6.07 Å². The summed E-state index contributed by atoms with van der Waals surface area (Å²) in [5.41, 5.74) is 0.288. The van der Waals surface area contributed by atoms with E-state index in [0.29, 0.717) is 16.8 Å². The molecule has 6 nitrogen and oxygen atoms in total. The Balaban J connectivity index is 1.57. The number of hydrogen-bond acceptors (Lipinski definition) is 4. The van der Waals surface area contributed by atoms with Crippen LogP contribution in [-0.2, 0) is 16.2 Å². The Morgan fingerprint density at radius 3 is 2.26 bits per heavy atom. The van der Waals surface area contributed by atoms with Crippen molar-refractivity contribution in [3.05, 3.63) is 89.5 Å². The van der Waals surface area contributed by atoms with E-state index in [4.69, 9.17) is 0 Å². The number of rotatable bonds is 3. The molecule has 3 aromatic rings. The highest BCUT2D eigenvalue weighted by Crippen LogP contribution is 2.37. The van der Waals surface area contributed by atoms with Gasteiger partial charge >= 0.3 is 6.18 Å². The van der Waals surface area contributed by atoms with Gasteiger partial charge in [-0.1, -0.05) is 30.3 Å². The van der Waals surface area contributed by atoms with Crippen molar-refractivity contribution in [1.82, 2.24) is 4.72 Å². The molecule has 0 spiro atoms. The Morgan fingerprint density at radius 2 is 1.61 bits per heavy atom. The summed E-state index contributed by atoms with van der Waals surface area (Å²) in [5.74, 6) is -0.352. The Kier molecular flexibility index (Phi) is 5.19. The van der Waals surface area contributed by atoms with Gasteiger partial charge in [0.2, 0.25) is 10.0 Å². The van der Waals surface area contributed by atoms with Crippen molar-refractivity contribution >= 4 is 27.3 Å². The van der Waals surface area contributed by atoms with Gasteiger partial charge in [0.15, 0.2) is 0 Å². The lowest BCUT2D eigenvalue weighted by Gasteiger charge is -2.29.